The number of pyridine rings is 3. The van der Waals surface area contributed by atoms with Crippen molar-refractivity contribution < 1.29 is 0 Å². The molecule has 2 N–H and O–H groups in total. The van der Waals surface area contributed by atoms with E-state index in [1.165, 1.54) is 16.7 Å². The molecule has 7 nitrogen and oxygen atoms in total. The highest BCUT2D eigenvalue weighted by atomic mass is 15.1. The minimum atomic E-state index is 0.745. The fraction of sp³-hybridized carbons (Fsp3) is 0.154. The van der Waals surface area contributed by atoms with Gasteiger partial charge in [-0.25, -0.2) is 15.0 Å². The summed E-state index contributed by atoms with van der Waals surface area (Å²) in [6, 6.07) is 20.7. The molecule has 1 aliphatic heterocycles. The van der Waals surface area contributed by atoms with Crippen LogP contribution in [0.5, 0.6) is 0 Å². The lowest BCUT2D eigenvalue weighted by Gasteiger charge is -2.15. The van der Waals surface area contributed by atoms with E-state index in [2.05, 4.69) is 61.8 Å². The van der Waals surface area contributed by atoms with Crippen LogP contribution in [0.2, 0.25) is 0 Å². The maximum Gasteiger partial charge on any atom is 0.132 e. The molecule has 5 heterocycles. The lowest BCUT2D eigenvalue weighted by Crippen LogP contribution is -2.15. The first-order valence-corrected chi connectivity index (χ1v) is 11.0. The SMILES string of the molecule is Cc1[nH]ncc1-c1ccc2nc(Nc3cc(CN4Cc5ccccc5C4)ccn3)ccc2n1. The Morgan fingerprint density at radius 2 is 1.70 bits per heavy atom. The number of benzene rings is 1. The van der Waals surface area contributed by atoms with Crippen molar-refractivity contribution in [2.45, 2.75) is 26.6 Å². The number of rotatable bonds is 5. The van der Waals surface area contributed by atoms with Crippen molar-refractivity contribution in [2.24, 2.45) is 0 Å². The molecule has 0 amide bonds. The van der Waals surface area contributed by atoms with Gasteiger partial charge in [0.1, 0.15) is 11.6 Å². The van der Waals surface area contributed by atoms with Gasteiger partial charge in [0.25, 0.3) is 0 Å². The fourth-order valence-corrected chi connectivity index (χ4v) is 4.38. The van der Waals surface area contributed by atoms with E-state index in [9.17, 15) is 0 Å². The van der Waals surface area contributed by atoms with E-state index in [1.807, 2.05) is 37.4 Å². The average Bonchev–Trinajstić information content (AvgIpc) is 3.44. The van der Waals surface area contributed by atoms with Crippen LogP contribution in [0.25, 0.3) is 22.3 Å². The molecule has 0 saturated carbocycles. The van der Waals surface area contributed by atoms with Crippen LogP contribution in [0, 0.1) is 6.92 Å². The molecule has 1 aliphatic rings. The summed E-state index contributed by atoms with van der Waals surface area (Å²) < 4.78 is 0. The van der Waals surface area contributed by atoms with Gasteiger partial charge in [-0.3, -0.25) is 10.00 Å². The number of H-pyrrole nitrogens is 1. The monoisotopic (exact) mass is 433 g/mol. The number of hydrogen-bond acceptors (Lipinski definition) is 6. The molecule has 0 radical (unpaired) electrons. The van der Waals surface area contributed by atoms with Crippen LogP contribution in [0.1, 0.15) is 22.4 Å². The molecule has 1 aromatic carbocycles. The Hall–Kier alpha value is -4.10. The van der Waals surface area contributed by atoms with E-state index >= 15 is 0 Å². The van der Waals surface area contributed by atoms with Gasteiger partial charge in [0.2, 0.25) is 0 Å². The Morgan fingerprint density at radius 1 is 0.909 bits per heavy atom. The summed E-state index contributed by atoms with van der Waals surface area (Å²) in [7, 11) is 0. The quantitative estimate of drug-likeness (QED) is 0.407. The zero-order valence-corrected chi connectivity index (χ0v) is 18.3. The van der Waals surface area contributed by atoms with E-state index in [4.69, 9.17) is 9.97 Å². The number of aromatic nitrogens is 5. The second-order valence-electron chi connectivity index (χ2n) is 8.43. The van der Waals surface area contributed by atoms with E-state index in [0.717, 1.165) is 59.3 Å². The van der Waals surface area contributed by atoms with E-state index in [0.29, 0.717) is 0 Å². The van der Waals surface area contributed by atoms with Crippen molar-refractivity contribution >= 4 is 22.7 Å². The number of aryl methyl sites for hydroxylation is 1. The largest absolute Gasteiger partial charge is 0.325 e. The average molecular weight is 434 g/mol. The molecule has 0 fully saturated rings. The third-order valence-electron chi connectivity index (χ3n) is 6.04. The summed E-state index contributed by atoms with van der Waals surface area (Å²) in [6.07, 6.45) is 3.65. The van der Waals surface area contributed by atoms with Crippen molar-refractivity contribution in [1.82, 2.24) is 30.0 Å². The predicted molar refractivity (Wildman–Crippen MR) is 129 cm³/mol. The van der Waals surface area contributed by atoms with Gasteiger partial charge in [-0.15, -0.1) is 0 Å². The van der Waals surface area contributed by atoms with Gasteiger partial charge in [-0.05, 0) is 60.0 Å². The molecule has 0 spiro atoms. The summed E-state index contributed by atoms with van der Waals surface area (Å²) in [6.45, 7) is 4.85. The molecule has 5 aromatic rings. The maximum atomic E-state index is 4.74. The molecule has 0 saturated heterocycles. The second-order valence-corrected chi connectivity index (χ2v) is 8.43. The molecule has 4 aromatic heterocycles. The van der Waals surface area contributed by atoms with Gasteiger partial charge in [0.15, 0.2) is 0 Å². The van der Waals surface area contributed by atoms with Crippen LogP contribution >= 0.6 is 0 Å². The standard InChI is InChI=1S/C26H23N7/c1-17-21(13-28-32-17)22-6-7-24-23(29-22)8-9-25(30-24)31-26-12-18(10-11-27-26)14-33-15-19-4-2-3-5-20(19)16-33/h2-13H,14-16H2,1H3,(H,28,32)(H,27,30,31). The summed E-state index contributed by atoms with van der Waals surface area (Å²) in [5.41, 5.74) is 8.62. The maximum absolute atomic E-state index is 4.74. The Kier molecular flexibility index (Phi) is 4.81. The van der Waals surface area contributed by atoms with Gasteiger partial charge in [0.05, 0.1) is 22.9 Å². The lowest BCUT2D eigenvalue weighted by atomic mass is 10.1. The predicted octanol–water partition coefficient (Wildman–Crippen LogP) is 4.98. The van der Waals surface area contributed by atoms with Crippen molar-refractivity contribution in [3.05, 3.63) is 95.4 Å². The summed E-state index contributed by atoms with van der Waals surface area (Å²) in [4.78, 5) is 16.4. The van der Waals surface area contributed by atoms with Crippen LogP contribution in [0.3, 0.4) is 0 Å². The van der Waals surface area contributed by atoms with Gasteiger partial charge in [0, 0.05) is 37.1 Å². The number of hydrogen-bond donors (Lipinski definition) is 2. The highest BCUT2D eigenvalue weighted by Crippen LogP contribution is 2.26. The molecular formula is C26H23N7. The van der Waals surface area contributed by atoms with E-state index < -0.39 is 0 Å². The van der Waals surface area contributed by atoms with Crippen molar-refractivity contribution in [1.29, 1.82) is 0 Å². The van der Waals surface area contributed by atoms with Crippen LogP contribution in [0.15, 0.2) is 73.1 Å². The number of nitrogens with one attached hydrogen (secondary N) is 2. The first kappa shape index (κ1) is 19.6. The van der Waals surface area contributed by atoms with E-state index in [-0.39, 0.29) is 0 Å². The molecule has 6 rings (SSSR count). The highest BCUT2D eigenvalue weighted by Gasteiger charge is 2.18. The van der Waals surface area contributed by atoms with Crippen LogP contribution < -0.4 is 5.32 Å². The zero-order chi connectivity index (χ0) is 22.2. The van der Waals surface area contributed by atoms with Crippen molar-refractivity contribution in [3.63, 3.8) is 0 Å². The number of nitrogens with zero attached hydrogens (tertiary/aromatic N) is 5. The Bertz CT molecular complexity index is 1430. The number of aromatic amines is 1. The smallest absolute Gasteiger partial charge is 0.132 e. The van der Waals surface area contributed by atoms with Gasteiger partial charge >= 0.3 is 0 Å². The summed E-state index contributed by atoms with van der Waals surface area (Å²) in [5, 5.41) is 10.4. The fourth-order valence-electron chi connectivity index (χ4n) is 4.38. The Labute approximate surface area is 191 Å². The lowest BCUT2D eigenvalue weighted by molar-refractivity contribution is 0.275. The minimum Gasteiger partial charge on any atom is -0.325 e. The molecule has 0 atom stereocenters. The molecule has 33 heavy (non-hydrogen) atoms. The van der Waals surface area contributed by atoms with Crippen LogP contribution in [-0.2, 0) is 19.6 Å². The van der Waals surface area contributed by atoms with Crippen molar-refractivity contribution in [2.75, 3.05) is 5.32 Å². The van der Waals surface area contributed by atoms with Crippen molar-refractivity contribution in [3.8, 4) is 11.3 Å². The topological polar surface area (TPSA) is 82.6 Å². The summed E-state index contributed by atoms with van der Waals surface area (Å²) >= 11 is 0. The zero-order valence-electron chi connectivity index (χ0n) is 18.3. The third kappa shape index (κ3) is 3.94. The molecule has 0 bridgehead atoms. The first-order chi connectivity index (χ1) is 16.2. The Morgan fingerprint density at radius 3 is 2.48 bits per heavy atom. The minimum absolute atomic E-state index is 0.745. The van der Waals surface area contributed by atoms with E-state index in [1.54, 1.807) is 6.20 Å². The van der Waals surface area contributed by atoms with Gasteiger partial charge < -0.3 is 5.32 Å². The molecule has 0 unspecified atom stereocenters. The second kappa shape index (κ2) is 8.11. The first-order valence-electron chi connectivity index (χ1n) is 11.0. The third-order valence-corrected chi connectivity index (χ3v) is 6.04. The Balaban J connectivity index is 1.18. The number of fused-ring (bicyclic) bond motifs is 2. The van der Waals surface area contributed by atoms with Crippen LogP contribution in [-0.4, -0.2) is 30.0 Å². The molecule has 162 valence electrons. The normalized spacial score (nSPS) is 13.4. The number of anilines is 2. The highest BCUT2D eigenvalue weighted by molar-refractivity contribution is 5.80. The summed E-state index contributed by atoms with van der Waals surface area (Å²) in [5.74, 6) is 1.53. The molecular weight excluding hydrogens is 410 g/mol. The van der Waals surface area contributed by atoms with Gasteiger partial charge in [-0.1, -0.05) is 24.3 Å². The molecule has 7 heteroatoms. The van der Waals surface area contributed by atoms with Crippen LogP contribution in [0.4, 0.5) is 11.6 Å². The van der Waals surface area contributed by atoms with Gasteiger partial charge in [-0.2, -0.15) is 5.10 Å². The molecule has 0 aliphatic carbocycles.